The highest BCUT2D eigenvalue weighted by atomic mass is 35.5. The van der Waals surface area contributed by atoms with Crippen LogP contribution in [0.3, 0.4) is 0 Å². The molecule has 1 heterocycles. The van der Waals surface area contributed by atoms with E-state index in [-0.39, 0.29) is 31.2 Å². The van der Waals surface area contributed by atoms with Crippen molar-refractivity contribution in [2.45, 2.75) is 17.2 Å². The van der Waals surface area contributed by atoms with Gasteiger partial charge in [-0.05, 0) is 37.3 Å². The van der Waals surface area contributed by atoms with Gasteiger partial charge in [-0.2, -0.15) is 0 Å². The molecular weight excluding hydrogens is 494 g/mol. The summed E-state index contributed by atoms with van der Waals surface area (Å²) in [6.07, 6.45) is -1.28. The summed E-state index contributed by atoms with van der Waals surface area (Å²) in [5.74, 6) is -1.67. The van der Waals surface area contributed by atoms with Crippen molar-refractivity contribution in [2.24, 2.45) is 0 Å². The first-order chi connectivity index (χ1) is 15.6. The Bertz CT molecular complexity index is 1320. The van der Waals surface area contributed by atoms with Crippen LogP contribution in [-0.4, -0.2) is 31.3 Å². The fraction of sp³-hybridized carbons (Fsp3) is 0.100. The first-order valence-electron chi connectivity index (χ1n) is 9.20. The van der Waals surface area contributed by atoms with E-state index in [1.165, 1.54) is 61.5 Å². The monoisotopic (exact) mass is 509 g/mol. The predicted octanol–water partition coefficient (Wildman–Crippen LogP) is 4.29. The first kappa shape index (κ1) is 24.2. The van der Waals surface area contributed by atoms with Crippen LogP contribution in [0.4, 0.5) is 17.1 Å². The number of non-ortho nitro benzene ring substituents is 1. The van der Waals surface area contributed by atoms with Gasteiger partial charge < -0.3 is 10.1 Å². The molecule has 0 saturated carbocycles. The van der Waals surface area contributed by atoms with Gasteiger partial charge in [0.25, 0.3) is 21.6 Å². The van der Waals surface area contributed by atoms with E-state index < -0.39 is 32.9 Å². The maximum atomic E-state index is 12.7. The first-order valence-corrected chi connectivity index (χ1v) is 11.9. The summed E-state index contributed by atoms with van der Waals surface area (Å²) in [6.45, 7) is 1.31. The van der Waals surface area contributed by atoms with Gasteiger partial charge in [-0.1, -0.05) is 29.8 Å². The Kier molecular flexibility index (Phi) is 7.31. The summed E-state index contributed by atoms with van der Waals surface area (Å²) in [5.41, 5.74) is -0.220. The van der Waals surface area contributed by atoms with Crippen LogP contribution in [0.15, 0.2) is 64.9 Å². The Hall–Kier alpha value is -3.48. The highest BCUT2D eigenvalue weighted by Gasteiger charge is 2.24. The van der Waals surface area contributed by atoms with E-state index in [1.54, 1.807) is 0 Å². The average Bonchev–Trinajstić information content (AvgIpc) is 3.21. The SMILES string of the molecule is C[C@@H](OC(=O)c1ccccc1NS(=O)(=O)c1ccc(Cl)s1)C(=O)Nc1cccc([N+](=O)[O-])c1. The van der Waals surface area contributed by atoms with Gasteiger partial charge in [0.2, 0.25) is 0 Å². The Morgan fingerprint density at radius 1 is 1.12 bits per heavy atom. The van der Waals surface area contributed by atoms with Crippen molar-refractivity contribution < 1.29 is 27.7 Å². The standard InChI is InChI=1S/C20H16ClN3O7S2/c1-12(19(25)22-13-5-4-6-14(11-13)24(27)28)31-20(26)15-7-2-3-8-16(15)23-33(29,30)18-10-9-17(21)32-18/h2-12,23H,1H3,(H,22,25)/t12-/m1/s1. The normalized spacial score (nSPS) is 11.9. The van der Waals surface area contributed by atoms with Gasteiger partial charge in [-0.15, -0.1) is 11.3 Å². The highest BCUT2D eigenvalue weighted by molar-refractivity contribution is 7.94. The van der Waals surface area contributed by atoms with Crippen molar-refractivity contribution in [2.75, 3.05) is 10.0 Å². The molecule has 0 fully saturated rings. The Labute approximate surface area is 197 Å². The fourth-order valence-electron chi connectivity index (χ4n) is 2.61. The second-order valence-electron chi connectivity index (χ2n) is 6.55. The number of nitrogens with zero attached hydrogens (tertiary/aromatic N) is 1. The topological polar surface area (TPSA) is 145 Å². The number of esters is 1. The molecule has 1 aromatic heterocycles. The number of ether oxygens (including phenoxy) is 1. The molecule has 0 saturated heterocycles. The summed E-state index contributed by atoms with van der Waals surface area (Å²) in [6, 6.07) is 13.8. The number of carbonyl (C=O) groups excluding carboxylic acids is 2. The average molecular weight is 510 g/mol. The molecule has 0 spiro atoms. The predicted molar refractivity (Wildman–Crippen MR) is 123 cm³/mol. The third kappa shape index (κ3) is 6.06. The van der Waals surface area contributed by atoms with E-state index in [1.807, 2.05) is 0 Å². The molecule has 3 aromatic rings. The molecule has 0 aliphatic carbocycles. The number of hydrogen-bond acceptors (Lipinski definition) is 8. The minimum absolute atomic E-state index is 0.0413. The number of para-hydroxylation sites is 1. The van der Waals surface area contributed by atoms with Crippen molar-refractivity contribution in [1.82, 2.24) is 0 Å². The van der Waals surface area contributed by atoms with Crippen LogP contribution >= 0.6 is 22.9 Å². The summed E-state index contributed by atoms with van der Waals surface area (Å²) in [4.78, 5) is 35.3. The number of rotatable bonds is 8. The van der Waals surface area contributed by atoms with Gasteiger partial charge in [-0.3, -0.25) is 19.6 Å². The van der Waals surface area contributed by atoms with Crippen LogP contribution in [0.2, 0.25) is 4.34 Å². The Balaban J connectivity index is 1.72. The maximum Gasteiger partial charge on any atom is 0.341 e. The van der Waals surface area contributed by atoms with Crippen molar-refractivity contribution in [3.8, 4) is 0 Å². The Morgan fingerprint density at radius 3 is 2.52 bits per heavy atom. The molecule has 0 aliphatic heterocycles. The van der Waals surface area contributed by atoms with Gasteiger partial charge in [-0.25, -0.2) is 13.2 Å². The van der Waals surface area contributed by atoms with Crippen LogP contribution in [-0.2, 0) is 19.6 Å². The number of sulfonamides is 1. The van der Waals surface area contributed by atoms with Crippen molar-refractivity contribution in [3.05, 3.63) is 80.7 Å². The Morgan fingerprint density at radius 2 is 1.85 bits per heavy atom. The molecule has 2 aromatic carbocycles. The number of anilines is 2. The lowest BCUT2D eigenvalue weighted by Crippen LogP contribution is -2.30. The minimum atomic E-state index is -4.00. The van der Waals surface area contributed by atoms with E-state index in [2.05, 4.69) is 10.0 Å². The summed E-state index contributed by atoms with van der Waals surface area (Å²) in [5, 5.41) is 13.3. The molecule has 0 aliphatic rings. The molecule has 3 rings (SSSR count). The highest BCUT2D eigenvalue weighted by Crippen LogP contribution is 2.28. The van der Waals surface area contributed by atoms with Crippen molar-refractivity contribution >= 4 is 61.9 Å². The molecule has 13 heteroatoms. The third-order valence-corrected chi connectivity index (χ3v) is 7.27. The largest absolute Gasteiger partial charge is 0.449 e. The number of benzene rings is 2. The number of nitrogens with one attached hydrogen (secondary N) is 2. The zero-order valence-corrected chi connectivity index (χ0v) is 19.2. The molecule has 172 valence electrons. The minimum Gasteiger partial charge on any atom is -0.449 e. The van der Waals surface area contributed by atoms with Gasteiger partial charge in [0.1, 0.15) is 4.21 Å². The van der Waals surface area contributed by atoms with Crippen LogP contribution in [0.1, 0.15) is 17.3 Å². The van der Waals surface area contributed by atoms with E-state index in [0.717, 1.165) is 17.4 Å². The second-order valence-corrected chi connectivity index (χ2v) is 10.2. The number of amides is 1. The van der Waals surface area contributed by atoms with E-state index in [9.17, 15) is 28.1 Å². The zero-order chi connectivity index (χ0) is 24.2. The molecule has 1 amide bonds. The number of nitro benzene ring substituents is 1. The van der Waals surface area contributed by atoms with Crippen LogP contribution in [0, 0.1) is 10.1 Å². The molecular formula is C20H16ClN3O7S2. The van der Waals surface area contributed by atoms with Crippen molar-refractivity contribution in [1.29, 1.82) is 0 Å². The molecule has 33 heavy (non-hydrogen) atoms. The van der Waals surface area contributed by atoms with Gasteiger partial charge >= 0.3 is 5.97 Å². The van der Waals surface area contributed by atoms with E-state index in [0.29, 0.717) is 0 Å². The molecule has 0 unspecified atom stereocenters. The van der Waals surface area contributed by atoms with Crippen LogP contribution in [0.25, 0.3) is 0 Å². The maximum absolute atomic E-state index is 12.7. The summed E-state index contributed by atoms with van der Waals surface area (Å²) in [7, 11) is -4.00. The summed E-state index contributed by atoms with van der Waals surface area (Å²) < 4.78 is 32.9. The molecule has 2 N–H and O–H groups in total. The summed E-state index contributed by atoms with van der Waals surface area (Å²) >= 11 is 6.65. The van der Waals surface area contributed by atoms with Crippen LogP contribution < -0.4 is 10.0 Å². The molecule has 0 radical (unpaired) electrons. The molecule has 10 nitrogen and oxygen atoms in total. The molecule has 0 bridgehead atoms. The lowest BCUT2D eigenvalue weighted by Gasteiger charge is -2.15. The second kappa shape index (κ2) is 9.98. The lowest BCUT2D eigenvalue weighted by molar-refractivity contribution is -0.384. The van der Waals surface area contributed by atoms with Gasteiger partial charge in [0, 0.05) is 17.8 Å². The quantitative estimate of drug-likeness (QED) is 0.261. The van der Waals surface area contributed by atoms with Gasteiger partial charge in [0.05, 0.1) is 20.5 Å². The van der Waals surface area contributed by atoms with E-state index >= 15 is 0 Å². The number of nitro groups is 1. The van der Waals surface area contributed by atoms with E-state index in [4.69, 9.17) is 16.3 Å². The smallest absolute Gasteiger partial charge is 0.341 e. The number of carbonyl (C=O) groups is 2. The zero-order valence-electron chi connectivity index (χ0n) is 16.9. The van der Waals surface area contributed by atoms with Crippen LogP contribution in [0.5, 0.6) is 0 Å². The lowest BCUT2D eigenvalue weighted by atomic mass is 10.2. The fourth-order valence-corrected chi connectivity index (χ4v) is 5.17. The number of halogens is 1. The number of thiophene rings is 1. The van der Waals surface area contributed by atoms with Crippen molar-refractivity contribution in [3.63, 3.8) is 0 Å². The number of hydrogen-bond donors (Lipinski definition) is 2. The molecule has 1 atom stereocenters. The third-order valence-electron chi connectivity index (χ3n) is 4.18. The van der Waals surface area contributed by atoms with Gasteiger partial charge in [0.15, 0.2) is 6.10 Å².